The average Bonchev–Trinajstić information content (AvgIpc) is 2.16. The first-order valence-electron chi connectivity index (χ1n) is 4.26. The lowest BCUT2D eigenvalue weighted by Crippen LogP contribution is -2.06. The fourth-order valence-corrected chi connectivity index (χ4v) is 1.43. The molecule has 3 N–H and O–H groups in total. The molecule has 5 heteroatoms. The highest BCUT2D eigenvalue weighted by Gasteiger charge is 2.16. The predicted octanol–water partition coefficient (Wildman–Crippen LogP) is 1.40. The minimum absolute atomic E-state index is 0.0681. The van der Waals surface area contributed by atoms with E-state index in [1.807, 2.05) is 6.92 Å². The Labute approximate surface area is 82.1 Å². The zero-order valence-electron chi connectivity index (χ0n) is 8.20. The molecule has 1 aromatic rings. The molecule has 0 atom stereocenters. The molecule has 1 rings (SSSR count). The van der Waals surface area contributed by atoms with Crippen molar-refractivity contribution in [1.82, 2.24) is 0 Å². The second-order valence-electron chi connectivity index (χ2n) is 2.97. The van der Waals surface area contributed by atoms with E-state index in [0.29, 0.717) is 12.2 Å². The monoisotopic (exact) mass is 195 g/mol. The maximum absolute atomic E-state index is 10.7. The van der Waals surface area contributed by atoms with Gasteiger partial charge in [-0.25, -0.2) is 0 Å². The van der Waals surface area contributed by atoms with Gasteiger partial charge in [-0.1, -0.05) is 6.07 Å². The summed E-state index contributed by atoms with van der Waals surface area (Å²) in [4.78, 5) is 10.3. The number of rotatable bonds is 3. The van der Waals surface area contributed by atoms with Crippen molar-refractivity contribution in [3.05, 3.63) is 33.4 Å². The van der Waals surface area contributed by atoms with Crippen LogP contribution in [0.1, 0.15) is 11.1 Å². The number of hydrogen-bond acceptors (Lipinski definition) is 4. The van der Waals surface area contributed by atoms with Crippen LogP contribution >= 0.6 is 0 Å². The zero-order valence-corrected chi connectivity index (χ0v) is 8.20. The van der Waals surface area contributed by atoms with Crippen LogP contribution in [0.25, 0.3) is 0 Å². The molecule has 0 radical (unpaired) electrons. The van der Waals surface area contributed by atoms with Gasteiger partial charge in [-0.05, 0) is 18.1 Å². The molecule has 0 amide bonds. The minimum Gasteiger partial charge on any atom is -0.382 e. The lowest BCUT2D eigenvalue weighted by atomic mass is 10.1. The third kappa shape index (κ3) is 1.67. The summed E-state index contributed by atoms with van der Waals surface area (Å²) in [5.41, 5.74) is 7.87. The Hall–Kier alpha value is -1.62. The second kappa shape index (κ2) is 4.06. The van der Waals surface area contributed by atoms with E-state index >= 15 is 0 Å². The molecular formula is C9H13N3O2. The second-order valence-corrected chi connectivity index (χ2v) is 2.97. The van der Waals surface area contributed by atoms with Gasteiger partial charge in [0.1, 0.15) is 5.69 Å². The predicted molar refractivity (Wildman–Crippen MR) is 55.3 cm³/mol. The Bertz CT molecular complexity index is 363. The molecule has 14 heavy (non-hydrogen) atoms. The quantitative estimate of drug-likeness (QED) is 0.564. The summed E-state index contributed by atoms with van der Waals surface area (Å²) in [5.74, 6) is 0. The van der Waals surface area contributed by atoms with Crippen LogP contribution in [0, 0.1) is 17.0 Å². The van der Waals surface area contributed by atoms with Crippen LogP contribution in [0.3, 0.4) is 0 Å². The first-order chi connectivity index (χ1) is 6.61. The van der Waals surface area contributed by atoms with Crippen molar-refractivity contribution < 1.29 is 4.92 Å². The van der Waals surface area contributed by atoms with Crippen LogP contribution in [0.15, 0.2) is 12.1 Å². The molecule has 5 nitrogen and oxygen atoms in total. The van der Waals surface area contributed by atoms with Crippen LogP contribution < -0.4 is 11.1 Å². The SMILES string of the molecule is CNc1c([N+](=O)[O-])ccc(C)c1CN. The summed E-state index contributed by atoms with van der Waals surface area (Å²) in [5, 5.41) is 13.5. The largest absolute Gasteiger partial charge is 0.382 e. The van der Waals surface area contributed by atoms with Crippen LogP contribution in [-0.2, 0) is 6.54 Å². The fourth-order valence-electron chi connectivity index (χ4n) is 1.43. The molecule has 0 fully saturated rings. The van der Waals surface area contributed by atoms with Gasteiger partial charge in [-0.3, -0.25) is 10.1 Å². The maximum atomic E-state index is 10.7. The number of anilines is 1. The van der Waals surface area contributed by atoms with Gasteiger partial charge >= 0.3 is 0 Å². The molecule has 0 aliphatic rings. The molecule has 0 aliphatic heterocycles. The van der Waals surface area contributed by atoms with Gasteiger partial charge in [0.15, 0.2) is 0 Å². The topological polar surface area (TPSA) is 81.2 Å². The number of nitro benzene ring substituents is 1. The molecule has 1 aromatic carbocycles. The van der Waals surface area contributed by atoms with E-state index < -0.39 is 4.92 Å². The van der Waals surface area contributed by atoms with Crippen LogP contribution in [0.4, 0.5) is 11.4 Å². The Kier molecular flexibility index (Phi) is 3.03. The average molecular weight is 195 g/mol. The van der Waals surface area contributed by atoms with Gasteiger partial charge in [0.05, 0.1) is 4.92 Å². The highest BCUT2D eigenvalue weighted by Crippen LogP contribution is 2.29. The van der Waals surface area contributed by atoms with Crippen molar-refractivity contribution in [3.63, 3.8) is 0 Å². The van der Waals surface area contributed by atoms with Crippen molar-refractivity contribution in [2.75, 3.05) is 12.4 Å². The smallest absolute Gasteiger partial charge is 0.292 e. The summed E-state index contributed by atoms with van der Waals surface area (Å²) < 4.78 is 0. The molecule has 0 aliphatic carbocycles. The molecule has 0 unspecified atom stereocenters. The molecule has 0 heterocycles. The third-order valence-corrected chi connectivity index (χ3v) is 2.18. The van der Waals surface area contributed by atoms with Crippen molar-refractivity contribution >= 4 is 11.4 Å². The van der Waals surface area contributed by atoms with Crippen molar-refractivity contribution in [3.8, 4) is 0 Å². The molecule has 0 saturated heterocycles. The summed E-state index contributed by atoms with van der Waals surface area (Å²) >= 11 is 0. The Morgan fingerprint density at radius 3 is 2.64 bits per heavy atom. The Balaban J connectivity index is 3.40. The van der Waals surface area contributed by atoms with E-state index in [9.17, 15) is 10.1 Å². The molecule has 0 bridgehead atoms. The van der Waals surface area contributed by atoms with E-state index in [2.05, 4.69) is 5.32 Å². The van der Waals surface area contributed by atoms with Crippen LogP contribution in [0.2, 0.25) is 0 Å². The summed E-state index contributed by atoms with van der Waals surface area (Å²) in [6.07, 6.45) is 0. The van der Waals surface area contributed by atoms with E-state index in [4.69, 9.17) is 5.73 Å². The molecular weight excluding hydrogens is 182 g/mol. The number of benzene rings is 1. The number of aryl methyl sites for hydroxylation is 1. The van der Waals surface area contributed by atoms with Gasteiger partial charge < -0.3 is 11.1 Å². The third-order valence-electron chi connectivity index (χ3n) is 2.18. The van der Waals surface area contributed by atoms with Gasteiger partial charge in [-0.2, -0.15) is 0 Å². The highest BCUT2D eigenvalue weighted by molar-refractivity contribution is 5.68. The minimum atomic E-state index is -0.412. The molecule has 0 spiro atoms. The van der Waals surface area contributed by atoms with Gasteiger partial charge in [0.2, 0.25) is 0 Å². The number of nitrogens with two attached hydrogens (primary N) is 1. The Morgan fingerprint density at radius 1 is 1.57 bits per heavy atom. The Morgan fingerprint density at radius 2 is 2.21 bits per heavy atom. The van der Waals surface area contributed by atoms with Crippen molar-refractivity contribution in [2.24, 2.45) is 5.73 Å². The number of nitro groups is 1. The number of hydrogen-bond donors (Lipinski definition) is 2. The van der Waals surface area contributed by atoms with E-state index in [-0.39, 0.29) is 5.69 Å². The van der Waals surface area contributed by atoms with Crippen LogP contribution in [-0.4, -0.2) is 12.0 Å². The lowest BCUT2D eigenvalue weighted by molar-refractivity contribution is -0.384. The van der Waals surface area contributed by atoms with Gasteiger partial charge in [0.25, 0.3) is 5.69 Å². The number of nitrogens with zero attached hydrogens (tertiary/aromatic N) is 1. The van der Waals surface area contributed by atoms with Crippen LogP contribution in [0.5, 0.6) is 0 Å². The molecule has 0 aromatic heterocycles. The first-order valence-corrected chi connectivity index (χ1v) is 4.26. The summed E-state index contributed by atoms with van der Waals surface area (Å²) in [6.45, 7) is 2.18. The van der Waals surface area contributed by atoms with Crippen molar-refractivity contribution in [1.29, 1.82) is 0 Å². The standard InChI is InChI=1S/C9H13N3O2/c1-6-3-4-8(12(13)14)9(11-2)7(6)5-10/h3-4,11H,5,10H2,1-2H3. The van der Waals surface area contributed by atoms with Gasteiger partial charge in [-0.15, -0.1) is 0 Å². The lowest BCUT2D eigenvalue weighted by Gasteiger charge is -2.10. The zero-order chi connectivity index (χ0) is 10.7. The fraction of sp³-hybridized carbons (Fsp3) is 0.333. The molecule has 0 saturated carbocycles. The van der Waals surface area contributed by atoms with Crippen molar-refractivity contribution in [2.45, 2.75) is 13.5 Å². The summed E-state index contributed by atoms with van der Waals surface area (Å²) in [6, 6.07) is 3.20. The van der Waals surface area contributed by atoms with E-state index in [1.54, 1.807) is 13.1 Å². The molecule has 76 valence electrons. The first kappa shape index (κ1) is 10.5. The maximum Gasteiger partial charge on any atom is 0.292 e. The summed E-state index contributed by atoms with van der Waals surface area (Å²) in [7, 11) is 1.65. The normalized spacial score (nSPS) is 9.93. The highest BCUT2D eigenvalue weighted by atomic mass is 16.6. The van der Waals surface area contributed by atoms with Gasteiger partial charge in [0, 0.05) is 19.7 Å². The van der Waals surface area contributed by atoms with E-state index in [0.717, 1.165) is 11.1 Å². The van der Waals surface area contributed by atoms with E-state index in [1.165, 1.54) is 6.07 Å². The number of nitrogens with one attached hydrogen (secondary N) is 1.